The van der Waals surface area contributed by atoms with E-state index in [-0.39, 0.29) is 12.5 Å². The highest BCUT2D eigenvalue weighted by atomic mass is 16.1. The van der Waals surface area contributed by atoms with Crippen molar-refractivity contribution in [2.45, 2.75) is 0 Å². The van der Waals surface area contributed by atoms with Crippen LogP contribution in [0.1, 0.15) is 10.4 Å². The van der Waals surface area contributed by atoms with E-state index in [4.69, 9.17) is 5.26 Å². The quantitative estimate of drug-likeness (QED) is 0.820. The van der Waals surface area contributed by atoms with Gasteiger partial charge in [-0.3, -0.25) is 4.79 Å². The number of nitriles is 1. The number of nitrogens with one attached hydrogen (secondary N) is 1. The molecule has 0 aliphatic carbocycles. The van der Waals surface area contributed by atoms with E-state index < -0.39 is 0 Å². The number of carbonyl (C=O) groups is 1. The van der Waals surface area contributed by atoms with Crippen molar-refractivity contribution in [1.82, 2.24) is 15.3 Å². The molecule has 5 heteroatoms. The van der Waals surface area contributed by atoms with Gasteiger partial charge in [-0.2, -0.15) is 5.26 Å². The van der Waals surface area contributed by atoms with Crippen LogP contribution in [0, 0.1) is 11.3 Å². The van der Waals surface area contributed by atoms with Crippen LogP contribution >= 0.6 is 0 Å². The van der Waals surface area contributed by atoms with E-state index in [1.165, 1.54) is 6.33 Å². The van der Waals surface area contributed by atoms with Gasteiger partial charge in [0.25, 0.3) is 5.91 Å². The second-order valence-corrected chi connectivity index (χ2v) is 3.51. The first-order valence-electron chi connectivity index (χ1n) is 5.33. The molecular formula is C13H10N4O. The largest absolute Gasteiger partial charge is 0.339 e. The van der Waals surface area contributed by atoms with Crippen LogP contribution in [0.4, 0.5) is 0 Å². The van der Waals surface area contributed by atoms with Gasteiger partial charge < -0.3 is 5.32 Å². The first-order chi connectivity index (χ1) is 8.81. The smallest absolute Gasteiger partial charge is 0.252 e. The molecule has 0 unspecified atom stereocenters. The summed E-state index contributed by atoms with van der Waals surface area (Å²) in [5.41, 5.74) is 2.23. The first kappa shape index (κ1) is 11.7. The van der Waals surface area contributed by atoms with Gasteiger partial charge in [-0.25, -0.2) is 9.97 Å². The maximum Gasteiger partial charge on any atom is 0.252 e. The third kappa shape index (κ3) is 2.68. The zero-order valence-corrected chi connectivity index (χ0v) is 9.50. The summed E-state index contributed by atoms with van der Waals surface area (Å²) in [6.07, 6.45) is 3.14. The lowest BCUT2D eigenvalue weighted by molar-refractivity contribution is 0.0958. The van der Waals surface area contributed by atoms with Crippen molar-refractivity contribution in [2.75, 3.05) is 6.54 Å². The fourth-order valence-corrected chi connectivity index (χ4v) is 1.48. The Hall–Kier alpha value is -2.74. The molecule has 1 aromatic carbocycles. The van der Waals surface area contributed by atoms with Crippen LogP contribution in [-0.4, -0.2) is 22.4 Å². The number of nitrogens with zero attached hydrogens (tertiary/aromatic N) is 3. The molecule has 0 radical (unpaired) electrons. The van der Waals surface area contributed by atoms with Gasteiger partial charge in [0.2, 0.25) is 0 Å². The number of hydrogen-bond acceptors (Lipinski definition) is 4. The third-order valence-electron chi connectivity index (χ3n) is 2.35. The van der Waals surface area contributed by atoms with E-state index >= 15 is 0 Å². The van der Waals surface area contributed by atoms with Gasteiger partial charge in [0.05, 0.1) is 11.8 Å². The summed E-state index contributed by atoms with van der Waals surface area (Å²) < 4.78 is 0. The number of carbonyl (C=O) groups excluding carboxylic acids is 1. The normalized spacial score (nSPS) is 9.50. The number of amides is 1. The van der Waals surface area contributed by atoms with Crippen LogP contribution in [0.15, 0.2) is 42.9 Å². The van der Waals surface area contributed by atoms with Gasteiger partial charge in [-0.1, -0.05) is 12.1 Å². The summed E-state index contributed by atoms with van der Waals surface area (Å²) in [6.45, 7) is 0.00644. The average Bonchev–Trinajstić information content (AvgIpc) is 2.46. The molecular weight excluding hydrogens is 228 g/mol. The van der Waals surface area contributed by atoms with E-state index in [1.54, 1.807) is 24.4 Å². The second kappa shape index (κ2) is 5.55. The summed E-state index contributed by atoms with van der Waals surface area (Å²) in [4.78, 5) is 19.5. The highest BCUT2D eigenvalue weighted by Crippen LogP contribution is 2.16. The Morgan fingerprint density at radius 2 is 2.06 bits per heavy atom. The fourth-order valence-electron chi connectivity index (χ4n) is 1.48. The van der Waals surface area contributed by atoms with Crippen LogP contribution in [0.3, 0.4) is 0 Å². The maximum absolute atomic E-state index is 11.6. The van der Waals surface area contributed by atoms with E-state index in [0.29, 0.717) is 5.56 Å². The van der Waals surface area contributed by atoms with E-state index in [9.17, 15) is 4.79 Å². The van der Waals surface area contributed by atoms with Crippen LogP contribution in [0.5, 0.6) is 0 Å². The molecule has 5 nitrogen and oxygen atoms in total. The Morgan fingerprint density at radius 3 is 2.67 bits per heavy atom. The first-order valence-corrected chi connectivity index (χ1v) is 5.33. The van der Waals surface area contributed by atoms with Crippen LogP contribution in [-0.2, 0) is 0 Å². The van der Waals surface area contributed by atoms with Gasteiger partial charge in [0.1, 0.15) is 12.9 Å². The van der Waals surface area contributed by atoms with Crippen molar-refractivity contribution in [3.8, 4) is 17.3 Å². The highest BCUT2D eigenvalue weighted by molar-refractivity contribution is 5.94. The van der Waals surface area contributed by atoms with Gasteiger partial charge in [0.15, 0.2) is 0 Å². The summed E-state index contributed by atoms with van der Waals surface area (Å²) in [5.74, 6) is -0.259. The third-order valence-corrected chi connectivity index (χ3v) is 2.35. The molecule has 1 N–H and O–H groups in total. The topological polar surface area (TPSA) is 78.7 Å². The Kier molecular flexibility index (Phi) is 3.62. The standard InChI is InChI=1S/C13H10N4O/c14-6-8-16-13(18)11-3-1-10(2-4-11)12-5-7-15-9-17-12/h1-5,7,9H,8H2,(H,16,18). The number of hydrogen-bond donors (Lipinski definition) is 1. The summed E-state index contributed by atoms with van der Waals surface area (Å²) in [6, 6.07) is 10.7. The average molecular weight is 238 g/mol. The highest BCUT2D eigenvalue weighted by Gasteiger charge is 2.05. The Balaban J connectivity index is 2.16. The molecule has 0 saturated heterocycles. The zero-order chi connectivity index (χ0) is 12.8. The van der Waals surface area contributed by atoms with Gasteiger partial charge in [0, 0.05) is 17.3 Å². The lowest BCUT2D eigenvalue weighted by Gasteiger charge is -2.03. The molecule has 0 fully saturated rings. The van der Waals surface area contributed by atoms with Crippen LogP contribution in [0.25, 0.3) is 11.3 Å². The predicted octanol–water partition coefficient (Wildman–Crippen LogP) is 1.40. The minimum absolute atomic E-state index is 0.00644. The molecule has 0 aliphatic heterocycles. The minimum Gasteiger partial charge on any atom is -0.339 e. The van der Waals surface area contributed by atoms with Crippen molar-refractivity contribution in [3.05, 3.63) is 48.4 Å². The molecule has 0 spiro atoms. The molecule has 18 heavy (non-hydrogen) atoms. The van der Waals surface area contributed by atoms with Crippen molar-refractivity contribution in [2.24, 2.45) is 0 Å². The molecule has 1 aromatic heterocycles. The number of benzene rings is 1. The summed E-state index contributed by atoms with van der Waals surface area (Å²) in [5, 5.41) is 10.9. The van der Waals surface area contributed by atoms with Crippen molar-refractivity contribution < 1.29 is 4.79 Å². The van der Waals surface area contributed by atoms with E-state index in [0.717, 1.165) is 11.3 Å². The Labute approximate surface area is 104 Å². The lowest BCUT2D eigenvalue weighted by Crippen LogP contribution is -2.23. The molecule has 1 heterocycles. The monoisotopic (exact) mass is 238 g/mol. The summed E-state index contributed by atoms with van der Waals surface area (Å²) in [7, 11) is 0. The van der Waals surface area contributed by atoms with Crippen molar-refractivity contribution in [3.63, 3.8) is 0 Å². The molecule has 88 valence electrons. The molecule has 0 aliphatic rings. The summed E-state index contributed by atoms with van der Waals surface area (Å²) >= 11 is 0. The molecule has 2 aromatic rings. The van der Waals surface area contributed by atoms with E-state index in [2.05, 4.69) is 15.3 Å². The SMILES string of the molecule is N#CCNC(=O)c1ccc(-c2ccncn2)cc1. The van der Waals surface area contributed by atoms with Crippen molar-refractivity contribution >= 4 is 5.91 Å². The fraction of sp³-hybridized carbons (Fsp3) is 0.0769. The van der Waals surface area contributed by atoms with Crippen molar-refractivity contribution in [1.29, 1.82) is 5.26 Å². The van der Waals surface area contributed by atoms with E-state index in [1.807, 2.05) is 18.2 Å². The number of aromatic nitrogens is 2. The van der Waals surface area contributed by atoms with Crippen LogP contribution in [0.2, 0.25) is 0 Å². The van der Waals surface area contributed by atoms with Gasteiger partial charge in [-0.15, -0.1) is 0 Å². The van der Waals surface area contributed by atoms with Crippen LogP contribution < -0.4 is 5.32 Å². The maximum atomic E-state index is 11.6. The molecule has 0 bridgehead atoms. The molecule has 0 atom stereocenters. The molecule has 1 amide bonds. The Bertz CT molecular complexity index is 572. The molecule has 2 rings (SSSR count). The second-order valence-electron chi connectivity index (χ2n) is 3.51. The minimum atomic E-state index is -0.259. The van der Waals surface area contributed by atoms with Gasteiger partial charge >= 0.3 is 0 Å². The zero-order valence-electron chi connectivity index (χ0n) is 9.50. The van der Waals surface area contributed by atoms with Gasteiger partial charge in [-0.05, 0) is 18.2 Å². The predicted molar refractivity (Wildman–Crippen MR) is 65.4 cm³/mol. The number of rotatable bonds is 3. The Morgan fingerprint density at radius 1 is 1.28 bits per heavy atom. The lowest BCUT2D eigenvalue weighted by atomic mass is 10.1. The molecule has 0 saturated carbocycles.